The van der Waals surface area contributed by atoms with Crippen molar-refractivity contribution < 1.29 is 4.79 Å². The lowest BCUT2D eigenvalue weighted by Gasteiger charge is -2.09. The van der Waals surface area contributed by atoms with Crippen molar-refractivity contribution in [3.8, 4) is 0 Å². The summed E-state index contributed by atoms with van der Waals surface area (Å²) in [5.74, 6) is 0.277. The zero-order valence-corrected chi connectivity index (χ0v) is 11.4. The molecule has 21 heavy (non-hydrogen) atoms. The van der Waals surface area contributed by atoms with Crippen molar-refractivity contribution in [2.45, 2.75) is 6.54 Å². The van der Waals surface area contributed by atoms with Crippen molar-refractivity contribution in [1.82, 2.24) is 19.9 Å². The molecule has 0 unspecified atom stereocenters. The van der Waals surface area contributed by atoms with E-state index in [4.69, 9.17) is 5.73 Å². The first kappa shape index (κ1) is 13.1. The quantitative estimate of drug-likeness (QED) is 0.757. The number of fused-ring (bicyclic) bond motifs is 1. The Morgan fingerprint density at radius 1 is 1.29 bits per heavy atom. The highest BCUT2D eigenvalue weighted by Crippen LogP contribution is 2.22. The molecule has 3 rings (SSSR count). The van der Waals surface area contributed by atoms with Crippen LogP contribution in [-0.4, -0.2) is 27.0 Å². The molecule has 1 amide bonds. The van der Waals surface area contributed by atoms with Crippen molar-refractivity contribution in [3.63, 3.8) is 0 Å². The van der Waals surface area contributed by atoms with Crippen LogP contribution in [0, 0.1) is 0 Å². The Bertz CT molecular complexity index is 767. The van der Waals surface area contributed by atoms with Gasteiger partial charge >= 0.3 is 0 Å². The number of amides is 1. The zero-order valence-electron chi connectivity index (χ0n) is 11.4. The number of nitrogens with one attached hydrogen (secondary N) is 1. The van der Waals surface area contributed by atoms with Gasteiger partial charge in [0, 0.05) is 37.1 Å². The highest BCUT2D eigenvalue weighted by molar-refractivity contribution is 6.08. The summed E-state index contributed by atoms with van der Waals surface area (Å²) in [7, 11) is 0. The maximum absolute atomic E-state index is 12.3. The first-order chi connectivity index (χ1) is 10.3. The summed E-state index contributed by atoms with van der Waals surface area (Å²) < 4.78 is 1.90. The molecule has 0 atom stereocenters. The smallest absolute Gasteiger partial charge is 0.253 e. The summed E-state index contributed by atoms with van der Waals surface area (Å²) in [6, 6.07) is 7.49. The summed E-state index contributed by atoms with van der Waals surface area (Å²) in [6.07, 6.45) is 6.79. The fourth-order valence-corrected chi connectivity index (χ4v) is 2.21. The van der Waals surface area contributed by atoms with Crippen molar-refractivity contribution >= 4 is 22.5 Å². The van der Waals surface area contributed by atoms with E-state index in [9.17, 15) is 4.79 Å². The van der Waals surface area contributed by atoms with Crippen molar-refractivity contribution in [2.75, 3.05) is 12.3 Å². The van der Waals surface area contributed by atoms with Crippen LogP contribution in [0.4, 0.5) is 5.82 Å². The SMILES string of the molecule is Nc1ncc(C(=O)NCCn2ccnc2)c2ccccc12. The van der Waals surface area contributed by atoms with Crippen LogP contribution in [0.2, 0.25) is 0 Å². The third-order valence-corrected chi connectivity index (χ3v) is 3.29. The van der Waals surface area contributed by atoms with Crippen LogP contribution in [0.5, 0.6) is 0 Å². The summed E-state index contributed by atoms with van der Waals surface area (Å²) in [5.41, 5.74) is 6.37. The molecule has 0 saturated heterocycles. The third kappa shape index (κ3) is 2.69. The van der Waals surface area contributed by atoms with Crippen LogP contribution in [-0.2, 0) is 6.54 Å². The van der Waals surface area contributed by atoms with Gasteiger partial charge in [0.1, 0.15) is 5.82 Å². The van der Waals surface area contributed by atoms with Gasteiger partial charge in [0.25, 0.3) is 5.91 Å². The lowest BCUT2D eigenvalue weighted by atomic mass is 10.1. The number of nitrogen functional groups attached to an aromatic ring is 1. The molecule has 6 nitrogen and oxygen atoms in total. The number of nitrogens with two attached hydrogens (primary N) is 1. The molecular weight excluding hydrogens is 266 g/mol. The van der Waals surface area contributed by atoms with E-state index in [0.717, 1.165) is 10.8 Å². The van der Waals surface area contributed by atoms with Gasteiger partial charge in [0.2, 0.25) is 0 Å². The summed E-state index contributed by atoms with van der Waals surface area (Å²) in [4.78, 5) is 20.3. The number of imidazole rings is 1. The molecule has 0 radical (unpaired) electrons. The van der Waals surface area contributed by atoms with Crippen LogP contribution in [0.3, 0.4) is 0 Å². The number of benzene rings is 1. The van der Waals surface area contributed by atoms with Crippen LogP contribution in [0.1, 0.15) is 10.4 Å². The predicted molar refractivity (Wildman–Crippen MR) is 80.7 cm³/mol. The van der Waals surface area contributed by atoms with Gasteiger partial charge in [-0.1, -0.05) is 24.3 Å². The van der Waals surface area contributed by atoms with Gasteiger partial charge in [-0.25, -0.2) is 9.97 Å². The fourth-order valence-electron chi connectivity index (χ4n) is 2.21. The highest BCUT2D eigenvalue weighted by atomic mass is 16.1. The van der Waals surface area contributed by atoms with E-state index in [-0.39, 0.29) is 5.91 Å². The Morgan fingerprint density at radius 2 is 2.10 bits per heavy atom. The number of anilines is 1. The number of hydrogen-bond acceptors (Lipinski definition) is 4. The molecule has 0 spiro atoms. The van der Waals surface area contributed by atoms with E-state index >= 15 is 0 Å². The first-order valence-electron chi connectivity index (χ1n) is 6.63. The van der Waals surface area contributed by atoms with Gasteiger partial charge in [-0.3, -0.25) is 4.79 Å². The standard InChI is InChI=1S/C15H15N5O/c16-14-12-4-2-1-3-11(12)13(9-19-14)15(21)18-6-8-20-7-5-17-10-20/h1-5,7,9-10H,6,8H2,(H2,16,19)(H,18,21). The minimum absolute atomic E-state index is 0.154. The maximum atomic E-state index is 12.3. The van der Waals surface area contributed by atoms with Gasteiger partial charge in [0.15, 0.2) is 0 Å². The fraction of sp³-hybridized carbons (Fsp3) is 0.133. The van der Waals surface area contributed by atoms with Gasteiger partial charge in [-0.05, 0) is 5.39 Å². The van der Waals surface area contributed by atoms with E-state index in [1.54, 1.807) is 12.5 Å². The second-order valence-electron chi connectivity index (χ2n) is 4.66. The summed E-state index contributed by atoms with van der Waals surface area (Å²) in [6.45, 7) is 1.19. The van der Waals surface area contributed by atoms with E-state index in [1.165, 1.54) is 6.20 Å². The molecule has 3 N–H and O–H groups in total. The topological polar surface area (TPSA) is 85.8 Å². The molecule has 0 bridgehead atoms. The van der Waals surface area contributed by atoms with Gasteiger partial charge in [0.05, 0.1) is 11.9 Å². The number of carbonyl (C=O) groups excluding carboxylic acids is 1. The molecule has 0 aliphatic rings. The second-order valence-corrected chi connectivity index (χ2v) is 4.66. The highest BCUT2D eigenvalue weighted by Gasteiger charge is 2.11. The van der Waals surface area contributed by atoms with Crippen LogP contribution in [0.15, 0.2) is 49.2 Å². The van der Waals surface area contributed by atoms with Crippen LogP contribution in [0.25, 0.3) is 10.8 Å². The Hall–Kier alpha value is -2.89. The van der Waals surface area contributed by atoms with E-state index in [2.05, 4.69) is 15.3 Å². The molecule has 2 heterocycles. The Balaban J connectivity index is 1.77. The minimum Gasteiger partial charge on any atom is -0.383 e. The van der Waals surface area contributed by atoms with Crippen molar-refractivity contribution in [3.05, 3.63) is 54.7 Å². The number of carbonyl (C=O) groups is 1. The average molecular weight is 281 g/mol. The largest absolute Gasteiger partial charge is 0.383 e. The number of aromatic nitrogens is 3. The molecule has 106 valence electrons. The maximum Gasteiger partial charge on any atom is 0.253 e. The van der Waals surface area contributed by atoms with E-state index < -0.39 is 0 Å². The number of rotatable bonds is 4. The Morgan fingerprint density at radius 3 is 2.86 bits per heavy atom. The number of nitrogens with zero attached hydrogens (tertiary/aromatic N) is 3. The van der Waals surface area contributed by atoms with Crippen LogP contribution >= 0.6 is 0 Å². The summed E-state index contributed by atoms with van der Waals surface area (Å²) in [5, 5.41) is 4.48. The molecular formula is C15H15N5O. The minimum atomic E-state index is -0.154. The first-order valence-corrected chi connectivity index (χ1v) is 6.63. The van der Waals surface area contributed by atoms with Gasteiger partial charge < -0.3 is 15.6 Å². The van der Waals surface area contributed by atoms with Crippen molar-refractivity contribution in [1.29, 1.82) is 0 Å². The molecule has 1 aromatic carbocycles. The third-order valence-electron chi connectivity index (χ3n) is 3.29. The monoisotopic (exact) mass is 281 g/mol. The van der Waals surface area contributed by atoms with Gasteiger partial charge in [-0.2, -0.15) is 0 Å². The lowest BCUT2D eigenvalue weighted by molar-refractivity contribution is 0.0953. The van der Waals surface area contributed by atoms with E-state index in [0.29, 0.717) is 24.5 Å². The molecule has 0 aliphatic carbocycles. The predicted octanol–water partition coefficient (Wildman–Crippen LogP) is 1.44. The Labute approximate surface area is 121 Å². The molecule has 0 saturated carbocycles. The normalized spacial score (nSPS) is 10.7. The molecule has 2 aromatic heterocycles. The lowest BCUT2D eigenvalue weighted by Crippen LogP contribution is -2.27. The average Bonchev–Trinajstić information content (AvgIpc) is 3.01. The molecule has 6 heteroatoms. The molecule has 0 fully saturated rings. The van der Waals surface area contributed by atoms with Crippen LogP contribution < -0.4 is 11.1 Å². The van der Waals surface area contributed by atoms with Gasteiger partial charge in [-0.15, -0.1) is 0 Å². The zero-order chi connectivity index (χ0) is 14.7. The molecule has 0 aliphatic heterocycles. The van der Waals surface area contributed by atoms with Crippen molar-refractivity contribution in [2.24, 2.45) is 0 Å². The van der Waals surface area contributed by atoms with E-state index in [1.807, 2.05) is 35.0 Å². The second kappa shape index (κ2) is 5.62. The summed E-state index contributed by atoms with van der Waals surface area (Å²) >= 11 is 0. The number of pyridine rings is 1. The molecule has 3 aromatic rings. The Kier molecular flexibility index (Phi) is 3.51. The number of hydrogen-bond donors (Lipinski definition) is 2.